The summed E-state index contributed by atoms with van der Waals surface area (Å²) in [5, 5.41) is 19.6. The smallest absolute Gasteiger partial charge is 0.340 e. The molecule has 0 atom stereocenters. The second-order valence-electron chi connectivity index (χ2n) is 4.17. The molecule has 0 fully saturated rings. The zero-order chi connectivity index (χ0) is 16.4. The van der Waals surface area contributed by atoms with Gasteiger partial charge >= 0.3 is 5.97 Å². The predicted molar refractivity (Wildman–Crippen MR) is 77.1 cm³/mol. The van der Waals surface area contributed by atoms with Crippen LogP contribution in [-0.4, -0.2) is 26.8 Å². The third-order valence-electron chi connectivity index (χ3n) is 2.85. The van der Waals surface area contributed by atoms with Crippen LogP contribution in [0.2, 0.25) is 5.02 Å². The molecule has 2 rings (SSSR count). The van der Waals surface area contributed by atoms with Gasteiger partial charge in [-0.25, -0.2) is 9.78 Å². The van der Waals surface area contributed by atoms with E-state index in [1.165, 1.54) is 12.3 Å². The molecule has 0 bridgehead atoms. The van der Waals surface area contributed by atoms with Gasteiger partial charge in [-0.05, 0) is 12.1 Å². The summed E-state index contributed by atoms with van der Waals surface area (Å²) < 4.78 is 0. The van der Waals surface area contributed by atoms with Gasteiger partial charge in [0.05, 0.1) is 9.95 Å². The number of aromatic nitrogens is 1. The number of nitrogens with zero attached hydrogens (tertiary/aromatic N) is 2. The minimum absolute atomic E-state index is 0.0691. The van der Waals surface area contributed by atoms with E-state index in [0.717, 1.165) is 18.2 Å². The molecule has 0 amide bonds. The number of benzene rings is 1. The Morgan fingerprint density at radius 2 is 1.95 bits per heavy atom. The highest BCUT2D eigenvalue weighted by atomic mass is 35.5. The molecular formula is C13H8ClN3O5. The Kier molecular flexibility index (Phi) is 4.04. The summed E-state index contributed by atoms with van der Waals surface area (Å²) in [6, 6.07) is 4.47. The number of pyridine rings is 1. The molecular weight excluding hydrogens is 314 g/mol. The van der Waals surface area contributed by atoms with Crippen molar-refractivity contribution in [3.05, 3.63) is 62.3 Å². The molecule has 8 nitrogen and oxygen atoms in total. The summed E-state index contributed by atoms with van der Waals surface area (Å²) in [6.45, 7) is 0. The van der Waals surface area contributed by atoms with Crippen LogP contribution in [-0.2, 0) is 0 Å². The van der Waals surface area contributed by atoms with Crippen molar-refractivity contribution in [3.8, 4) is 0 Å². The average molecular weight is 322 g/mol. The molecule has 0 radical (unpaired) electrons. The lowest BCUT2D eigenvalue weighted by Gasteiger charge is -2.08. The molecule has 1 aromatic carbocycles. The minimum Gasteiger partial charge on any atom is -0.478 e. The van der Waals surface area contributed by atoms with Crippen molar-refractivity contribution in [1.82, 2.24) is 4.98 Å². The number of ketones is 1. The Morgan fingerprint density at radius 1 is 1.27 bits per heavy atom. The van der Waals surface area contributed by atoms with Crippen molar-refractivity contribution in [3.63, 3.8) is 0 Å². The van der Waals surface area contributed by atoms with Gasteiger partial charge in [0.2, 0.25) is 0 Å². The Hall–Kier alpha value is -3.00. The zero-order valence-electron chi connectivity index (χ0n) is 10.8. The largest absolute Gasteiger partial charge is 0.478 e. The van der Waals surface area contributed by atoms with Gasteiger partial charge in [-0.2, -0.15) is 0 Å². The summed E-state index contributed by atoms with van der Waals surface area (Å²) in [5.74, 6) is -2.44. The minimum atomic E-state index is -1.41. The first-order valence-corrected chi connectivity index (χ1v) is 6.17. The normalized spacial score (nSPS) is 10.2. The van der Waals surface area contributed by atoms with Crippen molar-refractivity contribution in [2.45, 2.75) is 0 Å². The number of halogens is 1. The molecule has 0 aliphatic carbocycles. The van der Waals surface area contributed by atoms with Gasteiger partial charge in [0.1, 0.15) is 11.4 Å². The lowest BCUT2D eigenvalue weighted by Crippen LogP contribution is -2.14. The molecule has 2 aromatic rings. The number of carbonyl (C=O) groups excluding carboxylic acids is 1. The fourth-order valence-corrected chi connectivity index (χ4v) is 2.10. The van der Waals surface area contributed by atoms with E-state index >= 15 is 0 Å². The standard InChI is InChI=1S/C13H8ClN3O5/c14-9-5-6(17(21)22)1-2-7(9)11(18)8-3-4-16-12(15)10(8)13(19)20/h1-5H,(H2,15,16)(H,19,20). The number of hydrogen-bond donors (Lipinski definition) is 2. The zero-order valence-corrected chi connectivity index (χ0v) is 11.6. The number of non-ortho nitro benzene ring substituents is 1. The molecule has 9 heteroatoms. The average Bonchev–Trinajstić information content (AvgIpc) is 2.45. The van der Waals surface area contributed by atoms with Gasteiger partial charge in [-0.3, -0.25) is 14.9 Å². The Labute approximate surface area is 128 Å². The third-order valence-corrected chi connectivity index (χ3v) is 3.16. The molecule has 1 aromatic heterocycles. The second kappa shape index (κ2) is 5.78. The third kappa shape index (κ3) is 2.72. The van der Waals surface area contributed by atoms with Crippen LogP contribution >= 0.6 is 11.6 Å². The van der Waals surface area contributed by atoms with E-state index in [-0.39, 0.29) is 27.7 Å². The molecule has 0 saturated heterocycles. The number of carboxylic acids is 1. The van der Waals surface area contributed by atoms with E-state index in [9.17, 15) is 19.7 Å². The number of carboxylic acid groups (broad SMARTS) is 1. The van der Waals surface area contributed by atoms with Crippen molar-refractivity contribution < 1.29 is 19.6 Å². The topological polar surface area (TPSA) is 136 Å². The summed E-state index contributed by atoms with van der Waals surface area (Å²) in [5.41, 5.74) is 4.48. The molecule has 0 saturated carbocycles. The first-order valence-electron chi connectivity index (χ1n) is 5.79. The molecule has 1 heterocycles. The summed E-state index contributed by atoms with van der Waals surface area (Å²) in [6.07, 6.45) is 1.19. The van der Waals surface area contributed by atoms with E-state index in [4.69, 9.17) is 22.4 Å². The summed E-state index contributed by atoms with van der Waals surface area (Å²) in [7, 11) is 0. The number of nitro groups is 1. The summed E-state index contributed by atoms with van der Waals surface area (Å²) >= 11 is 5.87. The lowest BCUT2D eigenvalue weighted by atomic mass is 9.99. The van der Waals surface area contributed by atoms with Crippen LogP contribution in [0.3, 0.4) is 0 Å². The number of nitrogen functional groups attached to an aromatic ring is 1. The highest BCUT2D eigenvalue weighted by Crippen LogP contribution is 2.26. The Morgan fingerprint density at radius 3 is 2.50 bits per heavy atom. The summed E-state index contributed by atoms with van der Waals surface area (Å²) in [4.78, 5) is 37.2. The molecule has 0 unspecified atom stereocenters. The van der Waals surface area contributed by atoms with Crippen molar-refractivity contribution in [2.75, 3.05) is 5.73 Å². The number of nitrogens with two attached hydrogens (primary N) is 1. The van der Waals surface area contributed by atoms with E-state index in [1.807, 2.05) is 0 Å². The molecule has 0 spiro atoms. The number of hydrogen-bond acceptors (Lipinski definition) is 6. The van der Waals surface area contributed by atoms with E-state index in [2.05, 4.69) is 4.98 Å². The van der Waals surface area contributed by atoms with Crippen LogP contribution < -0.4 is 5.73 Å². The van der Waals surface area contributed by atoms with Crippen molar-refractivity contribution >= 4 is 34.9 Å². The van der Waals surface area contributed by atoms with Gasteiger partial charge in [0.25, 0.3) is 5.69 Å². The SMILES string of the molecule is Nc1nccc(C(=O)c2ccc([N+](=O)[O-])cc2Cl)c1C(=O)O. The molecule has 3 N–H and O–H groups in total. The number of nitro benzene ring substituents is 1. The van der Waals surface area contributed by atoms with E-state index in [1.54, 1.807) is 0 Å². The fraction of sp³-hybridized carbons (Fsp3) is 0. The molecule has 0 aliphatic rings. The van der Waals surface area contributed by atoms with Crippen LogP contribution in [0.25, 0.3) is 0 Å². The molecule has 112 valence electrons. The van der Waals surface area contributed by atoms with Gasteiger partial charge in [0.15, 0.2) is 5.78 Å². The highest BCUT2D eigenvalue weighted by molar-refractivity contribution is 6.35. The maximum atomic E-state index is 12.4. The van der Waals surface area contributed by atoms with E-state index < -0.39 is 22.2 Å². The quantitative estimate of drug-likeness (QED) is 0.500. The number of aromatic carboxylic acids is 1. The van der Waals surface area contributed by atoms with Crippen molar-refractivity contribution in [2.24, 2.45) is 0 Å². The van der Waals surface area contributed by atoms with Gasteiger partial charge < -0.3 is 10.8 Å². The van der Waals surface area contributed by atoms with Gasteiger partial charge in [0, 0.05) is 29.5 Å². The second-order valence-corrected chi connectivity index (χ2v) is 4.58. The Balaban J connectivity index is 2.56. The van der Waals surface area contributed by atoms with Crippen LogP contribution in [0.15, 0.2) is 30.5 Å². The molecule has 0 aliphatic heterocycles. The van der Waals surface area contributed by atoms with Crippen molar-refractivity contribution in [1.29, 1.82) is 0 Å². The Bertz CT molecular complexity index is 806. The van der Waals surface area contributed by atoms with Crippen LogP contribution in [0.5, 0.6) is 0 Å². The maximum absolute atomic E-state index is 12.4. The first-order chi connectivity index (χ1) is 10.3. The maximum Gasteiger partial charge on any atom is 0.340 e. The number of rotatable bonds is 4. The fourth-order valence-electron chi connectivity index (χ4n) is 1.84. The predicted octanol–water partition coefficient (Wildman–Crippen LogP) is 2.15. The number of carbonyl (C=O) groups is 2. The van der Waals surface area contributed by atoms with Gasteiger partial charge in [-0.1, -0.05) is 11.6 Å². The van der Waals surface area contributed by atoms with Crippen LogP contribution in [0.4, 0.5) is 11.5 Å². The first kappa shape index (κ1) is 15.4. The lowest BCUT2D eigenvalue weighted by molar-refractivity contribution is -0.384. The van der Waals surface area contributed by atoms with E-state index in [0.29, 0.717) is 0 Å². The van der Waals surface area contributed by atoms with Crippen LogP contribution in [0, 0.1) is 10.1 Å². The highest BCUT2D eigenvalue weighted by Gasteiger charge is 2.23. The molecule has 22 heavy (non-hydrogen) atoms. The van der Waals surface area contributed by atoms with Gasteiger partial charge in [-0.15, -0.1) is 0 Å². The van der Waals surface area contributed by atoms with Crippen LogP contribution in [0.1, 0.15) is 26.3 Å². The number of anilines is 1. The monoisotopic (exact) mass is 321 g/mol.